The maximum atomic E-state index is 12.5. The van der Waals surface area contributed by atoms with Crippen LogP contribution in [0.15, 0.2) is 30.3 Å². The van der Waals surface area contributed by atoms with Crippen LogP contribution >= 0.6 is 11.8 Å². The fraction of sp³-hybridized carbons (Fsp3) is 0.389. The van der Waals surface area contributed by atoms with E-state index in [0.717, 1.165) is 22.8 Å². The third kappa shape index (κ3) is 4.04. The molecular weight excluding hydrogens is 336 g/mol. The Bertz CT molecular complexity index is 773. The van der Waals surface area contributed by atoms with Crippen LogP contribution in [-0.2, 0) is 30.6 Å². The van der Waals surface area contributed by atoms with Crippen molar-refractivity contribution in [3.63, 3.8) is 0 Å². The van der Waals surface area contributed by atoms with Crippen molar-refractivity contribution in [2.75, 3.05) is 12.3 Å². The molecule has 1 aliphatic heterocycles. The third-order valence-corrected chi connectivity index (χ3v) is 5.43. The van der Waals surface area contributed by atoms with Gasteiger partial charge in [0.1, 0.15) is 0 Å². The van der Waals surface area contributed by atoms with Crippen molar-refractivity contribution < 1.29 is 9.59 Å². The number of nitrogens with zero attached hydrogens (tertiary/aromatic N) is 3. The van der Waals surface area contributed by atoms with Gasteiger partial charge < -0.3 is 10.6 Å². The molecule has 132 valence electrons. The van der Waals surface area contributed by atoms with Gasteiger partial charge in [-0.3, -0.25) is 14.3 Å². The monoisotopic (exact) mass is 358 g/mol. The van der Waals surface area contributed by atoms with Crippen LogP contribution in [-0.4, -0.2) is 38.8 Å². The minimum absolute atomic E-state index is 0.116. The predicted octanol–water partition coefficient (Wildman–Crippen LogP) is 1.73. The van der Waals surface area contributed by atoms with Crippen LogP contribution in [0.1, 0.15) is 33.7 Å². The van der Waals surface area contributed by atoms with Gasteiger partial charge in [0, 0.05) is 55.7 Å². The van der Waals surface area contributed by atoms with Gasteiger partial charge in [-0.05, 0) is 5.56 Å². The first-order valence-electron chi connectivity index (χ1n) is 8.30. The van der Waals surface area contributed by atoms with E-state index in [2.05, 4.69) is 17.2 Å². The van der Waals surface area contributed by atoms with Crippen LogP contribution in [0.2, 0.25) is 0 Å². The standard InChI is InChI=1S/C18H22N4O2S/c1-21-15-7-9-22(11-14(15)17(20-21)18(19)24)16(23)8-10-25-12-13-5-3-2-4-6-13/h2-6H,7-12H2,1H3,(H2,19,24). The van der Waals surface area contributed by atoms with Gasteiger partial charge in [0.2, 0.25) is 5.91 Å². The largest absolute Gasteiger partial charge is 0.364 e. The summed E-state index contributed by atoms with van der Waals surface area (Å²) in [7, 11) is 1.81. The highest BCUT2D eigenvalue weighted by molar-refractivity contribution is 7.98. The van der Waals surface area contributed by atoms with Crippen LogP contribution < -0.4 is 5.73 Å². The molecule has 1 aromatic carbocycles. The second-order valence-corrected chi connectivity index (χ2v) is 7.22. The van der Waals surface area contributed by atoms with Gasteiger partial charge >= 0.3 is 0 Å². The Morgan fingerprint density at radius 2 is 2.04 bits per heavy atom. The zero-order valence-corrected chi connectivity index (χ0v) is 15.1. The van der Waals surface area contributed by atoms with Crippen LogP contribution in [0, 0.1) is 0 Å². The predicted molar refractivity (Wildman–Crippen MR) is 98.1 cm³/mol. The molecule has 0 saturated heterocycles. The second-order valence-electron chi connectivity index (χ2n) is 6.12. The number of carbonyl (C=O) groups is 2. The van der Waals surface area contributed by atoms with E-state index in [1.165, 1.54) is 5.56 Å². The number of nitrogens with two attached hydrogens (primary N) is 1. The number of hydrogen-bond acceptors (Lipinski definition) is 4. The molecule has 0 radical (unpaired) electrons. The van der Waals surface area contributed by atoms with Crippen molar-refractivity contribution in [2.45, 2.75) is 25.1 Å². The van der Waals surface area contributed by atoms with E-state index < -0.39 is 5.91 Å². The molecule has 2 heterocycles. The average molecular weight is 358 g/mol. The molecule has 3 rings (SSSR count). The lowest BCUT2D eigenvalue weighted by Crippen LogP contribution is -2.37. The van der Waals surface area contributed by atoms with Gasteiger partial charge in [0.05, 0.1) is 0 Å². The molecule has 6 nitrogen and oxygen atoms in total. The number of primary amides is 1. The summed E-state index contributed by atoms with van der Waals surface area (Å²) in [5.41, 5.74) is 8.75. The highest BCUT2D eigenvalue weighted by Crippen LogP contribution is 2.23. The summed E-state index contributed by atoms with van der Waals surface area (Å²) in [6.45, 7) is 1.08. The average Bonchev–Trinajstić information content (AvgIpc) is 2.96. The first kappa shape index (κ1) is 17.5. The third-order valence-electron chi connectivity index (χ3n) is 4.40. The van der Waals surface area contributed by atoms with Crippen LogP contribution in [0.25, 0.3) is 0 Å². The van der Waals surface area contributed by atoms with Gasteiger partial charge in [-0.1, -0.05) is 30.3 Å². The van der Waals surface area contributed by atoms with E-state index in [0.29, 0.717) is 25.9 Å². The molecule has 1 aliphatic rings. The Labute approximate surface area is 151 Å². The van der Waals surface area contributed by atoms with E-state index >= 15 is 0 Å². The first-order valence-corrected chi connectivity index (χ1v) is 9.45. The molecule has 0 fully saturated rings. The van der Waals surface area contributed by atoms with E-state index in [4.69, 9.17) is 5.73 Å². The normalized spacial score (nSPS) is 13.6. The lowest BCUT2D eigenvalue weighted by molar-refractivity contribution is -0.131. The number of fused-ring (bicyclic) bond motifs is 1. The van der Waals surface area contributed by atoms with Gasteiger partial charge in [-0.2, -0.15) is 16.9 Å². The molecule has 7 heteroatoms. The Kier molecular flexibility index (Phi) is 5.43. The molecule has 2 amide bonds. The summed E-state index contributed by atoms with van der Waals surface area (Å²) < 4.78 is 1.70. The molecule has 0 spiro atoms. The molecule has 2 aromatic rings. The highest BCUT2D eigenvalue weighted by Gasteiger charge is 2.28. The fourth-order valence-corrected chi connectivity index (χ4v) is 3.98. The van der Waals surface area contributed by atoms with Crippen molar-refractivity contribution in [3.8, 4) is 0 Å². The molecule has 25 heavy (non-hydrogen) atoms. The smallest absolute Gasteiger partial charge is 0.269 e. The number of aromatic nitrogens is 2. The topological polar surface area (TPSA) is 81.2 Å². The molecule has 0 bridgehead atoms. The number of hydrogen-bond donors (Lipinski definition) is 1. The lowest BCUT2D eigenvalue weighted by atomic mass is 10.0. The Balaban J connectivity index is 1.53. The summed E-state index contributed by atoms with van der Waals surface area (Å²) in [5.74, 6) is 1.27. The van der Waals surface area contributed by atoms with Crippen molar-refractivity contribution in [2.24, 2.45) is 12.8 Å². The van der Waals surface area contributed by atoms with Crippen LogP contribution in [0.3, 0.4) is 0 Å². The Morgan fingerprint density at radius 3 is 2.76 bits per heavy atom. The number of rotatable bonds is 6. The van der Waals surface area contributed by atoms with Gasteiger partial charge in [-0.25, -0.2) is 0 Å². The van der Waals surface area contributed by atoms with Crippen molar-refractivity contribution >= 4 is 23.6 Å². The van der Waals surface area contributed by atoms with Crippen LogP contribution in [0.4, 0.5) is 0 Å². The number of thioether (sulfide) groups is 1. The summed E-state index contributed by atoms with van der Waals surface area (Å²) in [6.07, 6.45) is 1.20. The van der Waals surface area contributed by atoms with Gasteiger partial charge in [0.15, 0.2) is 5.69 Å². The lowest BCUT2D eigenvalue weighted by Gasteiger charge is -2.27. The second kappa shape index (κ2) is 7.74. The summed E-state index contributed by atoms with van der Waals surface area (Å²) in [5, 5.41) is 4.19. The van der Waals surface area contributed by atoms with Crippen molar-refractivity contribution in [1.29, 1.82) is 0 Å². The van der Waals surface area contributed by atoms with E-state index in [-0.39, 0.29) is 11.6 Å². The van der Waals surface area contributed by atoms with Crippen molar-refractivity contribution in [3.05, 3.63) is 52.8 Å². The molecular formula is C18H22N4O2S. The maximum absolute atomic E-state index is 12.5. The molecule has 0 unspecified atom stereocenters. The zero-order valence-electron chi connectivity index (χ0n) is 14.3. The quantitative estimate of drug-likeness (QED) is 0.798. The SMILES string of the molecule is Cn1nc(C(N)=O)c2c1CCN(C(=O)CCSCc1ccccc1)C2. The summed E-state index contributed by atoms with van der Waals surface area (Å²) in [4.78, 5) is 25.8. The summed E-state index contributed by atoms with van der Waals surface area (Å²) in [6, 6.07) is 10.2. The van der Waals surface area contributed by atoms with E-state index in [1.54, 1.807) is 21.3 Å². The van der Waals surface area contributed by atoms with E-state index in [9.17, 15) is 9.59 Å². The minimum atomic E-state index is -0.537. The number of aryl methyl sites for hydroxylation is 1. The molecule has 0 atom stereocenters. The van der Waals surface area contributed by atoms with Gasteiger partial charge in [-0.15, -0.1) is 0 Å². The zero-order chi connectivity index (χ0) is 17.8. The number of carbonyl (C=O) groups excluding carboxylic acids is 2. The molecule has 2 N–H and O–H groups in total. The Morgan fingerprint density at radius 1 is 1.28 bits per heavy atom. The van der Waals surface area contributed by atoms with Crippen molar-refractivity contribution in [1.82, 2.24) is 14.7 Å². The minimum Gasteiger partial charge on any atom is -0.364 e. The molecule has 1 aromatic heterocycles. The summed E-state index contributed by atoms with van der Waals surface area (Å²) >= 11 is 1.76. The van der Waals surface area contributed by atoms with Crippen LogP contribution in [0.5, 0.6) is 0 Å². The molecule has 0 aliphatic carbocycles. The molecule has 0 saturated carbocycles. The fourth-order valence-electron chi connectivity index (χ4n) is 3.09. The highest BCUT2D eigenvalue weighted by atomic mass is 32.2. The number of amides is 2. The van der Waals surface area contributed by atoms with E-state index in [1.807, 2.05) is 25.2 Å². The Hall–Kier alpha value is -2.28. The van der Waals surface area contributed by atoms with Gasteiger partial charge in [0.25, 0.3) is 5.91 Å². The first-order chi connectivity index (χ1) is 12.1. The number of benzene rings is 1. The maximum Gasteiger partial charge on any atom is 0.269 e.